The summed E-state index contributed by atoms with van der Waals surface area (Å²) in [5, 5.41) is 6.28. The molecule has 1 aliphatic rings. The molecule has 8 nitrogen and oxygen atoms in total. The first-order valence-electron chi connectivity index (χ1n) is 12.4. The fraction of sp³-hybridized carbons (Fsp3) is 0.357. The molecule has 2 heterocycles. The summed E-state index contributed by atoms with van der Waals surface area (Å²) in [5.41, 5.74) is 4.69. The van der Waals surface area contributed by atoms with Crippen molar-refractivity contribution in [2.75, 3.05) is 40.1 Å². The maximum absolute atomic E-state index is 12.9. The molecule has 0 saturated carbocycles. The average Bonchev–Trinajstić information content (AvgIpc) is 3.24. The summed E-state index contributed by atoms with van der Waals surface area (Å²) in [6.07, 6.45) is 0.209. The summed E-state index contributed by atoms with van der Waals surface area (Å²) in [4.78, 5) is 38.4. The van der Waals surface area contributed by atoms with Crippen LogP contribution in [-0.4, -0.2) is 41.4 Å². The molecule has 2 aromatic carbocycles. The Balaban J connectivity index is 1.38. The van der Waals surface area contributed by atoms with E-state index >= 15 is 0 Å². The largest absolute Gasteiger partial charge is 0.357 e. The molecule has 4 rings (SSSR count). The van der Waals surface area contributed by atoms with Gasteiger partial charge in [-0.2, -0.15) is 0 Å². The SMILES string of the molecule is CCN(CC)c1cc(Nc2ccc(NC(=O)C3CC(=O)N(c4ccc(C)c(C)c4)C3)cc2)nc(C)n1. The molecule has 0 radical (unpaired) electrons. The number of hydrogen-bond acceptors (Lipinski definition) is 6. The number of nitrogens with one attached hydrogen (secondary N) is 2. The molecule has 1 aromatic heterocycles. The molecule has 2 N–H and O–H groups in total. The van der Waals surface area contributed by atoms with Crippen LogP contribution >= 0.6 is 0 Å². The van der Waals surface area contributed by atoms with E-state index in [4.69, 9.17) is 0 Å². The normalized spacial score (nSPS) is 15.2. The fourth-order valence-corrected chi connectivity index (χ4v) is 4.38. The molecule has 0 aliphatic carbocycles. The first-order chi connectivity index (χ1) is 17.3. The van der Waals surface area contributed by atoms with Crippen molar-refractivity contribution in [3.63, 3.8) is 0 Å². The first kappa shape index (κ1) is 25.2. The molecule has 188 valence electrons. The third kappa shape index (κ3) is 5.64. The van der Waals surface area contributed by atoms with E-state index in [-0.39, 0.29) is 24.2 Å². The zero-order valence-corrected chi connectivity index (χ0v) is 21.6. The number of hydrogen-bond donors (Lipinski definition) is 2. The summed E-state index contributed by atoms with van der Waals surface area (Å²) >= 11 is 0. The summed E-state index contributed by atoms with van der Waals surface area (Å²) < 4.78 is 0. The van der Waals surface area contributed by atoms with Crippen molar-refractivity contribution in [3.05, 3.63) is 65.5 Å². The number of nitrogens with zero attached hydrogens (tertiary/aromatic N) is 4. The van der Waals surface area contributed by atoms with Crippen molar-refractivity contribution < 1.29 is 9.59 Å². The van der Waals surface area contributed by atoms with Gasteiger partial charge < -0.3 is 20.4 Å². The topological polar surface area (TPSA) is 90.5 Å². The van der Waals surface area contributed by atoms with Gasteiger partial charge in [-0.1, -0.05) is 6.07 Å². The molecule has 1 unspecified atom stereocenters. The van der Waals surface area contributed by atoms with Crippen LogP contribution < -0.4 is 20.4 Å². The number of benzene rings is 2. The van der Waals surface area contributed by atoms with Gasteiger partial charge in [-0.25, -0.2) is 9.97 Å². The predicted molar refractivity (Wildman–Crippen MR) is 145 cm³/mol. The molecular formula is C28H34N6O2. The van der Waals surface area contributed by atoms with E-state index in [0.717, 1.165) is 41.7 Å². The highest BCUT2D eigenvalue weighted by Gasteiger charge is 2.35. The number of carbonyl (C=O) groups excluding carboxylic acids is 2. The maximum Gasteiger partial charge on any atom is 0.229 e. The lowest BCUT2D eigenvalue weighted by atomic mass is 10.1. The Kier molecular flexibility index (Phi) is 7.52. The lowest BCUT2D eigenvalue weighted by molar-refractivity contribution is -0.122. The molecule has 8 heteroatoms. The number of rotatable bonds is 8. The van der Waals surface area contributed by atoms with E-state index in [0.29, 0.717) is 18.1 Å². The van der Waals surface area contributed by atoms with Crippen LogP contribution in [0.3, 0.4) is 0 Å². The lowest BCUT2D eigenvalue weighted by Crippen LogP contribution is -2.28. The zero-order valence-electron chi connectivity index (χ0n) is 21.6. The van der Waals surface area contributed by atoms with E-state index < -0.39 is 0 Å². The van der Waals surface area contributed by atoms with Crippen LogP contribution in [0.25, 0.3) is 0 Å². The highest BCUT2D eigenvalue weighted by atomic mass is 16.2. The van der Waals surface area contributed by atoms with E-state index in [9.17, 15) is 9.59 Å². The summed E-state index contributed by atoms with van der Waals surface area (Å²) in [5.74, 6) is 1.75. The van der Waals surface area contributed by atoms with E-state index in [1.54, 1.807) is 4.90 Å². The summed E-state index contributed by atoms with van der Waals surface area (Å²) in [6, 6.07) is 15.4. The average molecular weight is 487 g/mol. The van der Waals surface area contributed by atoms with Gasteiger partial charge in [0.2, 0.25) is 11.8 Å². The van der Waals surface area contributed by atoms with Gasteiger partial charge in [-0.05, 0) is 82.1 Å². The van der Waals surface area contributed by atoms with E-state index in [1.807, 2.05) is 69.3 Å². The third-order valence-corrected chi connectivity index (χ3v) is 6.63. The summed E-state index contributed by atoms with van der Waals surface area (Å²) in [7, 11) is 0. The van der Waals surface area contributed by atoms with Crippen molar-refractivity contribution in [3.8, 4) is 0 Å². The maximum atomic E-state index is 12.9. The van der Waals surface area contributed by atoms with E-state index in [2.05, 4.69) is 39.3 Å². The molecule has 0 bridgehead atoms. The molecule has 1 atom stereocenters. The Labute approximate surface area is 212 Å². The van der Waals surface area contributed by atoms with Gasteiger partial charge in [-0.15, -0.1) is 0 Å². The standard InChI is InChI=1S/C28H34N6O2/c1-6-33(7-2)26-16-25(29-20(5)30-26)31-22-9-11-23(12-10-22)32-28(36)21-15-27(35)34(17-21)24-13-8-18(3)19(4)14-24/h8-14,16,21H,6-7,15,17H2,1-5H3,(H,32,36)(H,29,30,31). The Morgan fingerprint density at radius 1 is 0.972 bits per heavy atom. The van der Waals surface area contributed by atoms with Crippen LogP contribution in [0.15, 0.2) is 48.5 Å². The van der Waals surface area contributed by atoms with Gasteiger partial charge in [-0.3, -0.25) is 9.59 Å². The first-order valence-corrected chi connectivity index (χ1v) is 12.4. The highest BCUT2D eigenvalue weighted by molar-refractivity contribution is 6.03. The van der Waals surface area contributed by atoms with Crippen molar-refractivity contribution in [1.82, 2.24) is 9.97 Å². The Morgan fingerprint density at radius 2 is 1.67 bits per heavy atom. The molecule has 0 spiro atoms. The van der Waals surface area contributed by atoms with Crippen LogP contribution in [0.1, 0.15) is 37.2 Å². The molecule has 1 saturated heterocycles. The van der Waals surface area contributed by atoms with E-state index in [1.165, 1.54) is 5.56 Å². The summed E-state index contributed by atoms with van der Waals surface area (Å²) in [6.45, 7) is 12.3. The number of carbonyl (C=O) groups is 2. The fourth-order valence-electron chi connectivity index (χ4n) is 4.38. The second-order valence-corrected chi connectivity index (χ2v) is 9.20. The Morgan fingerprint density at radius 3 is 2.33 bits per heavy atom. The molecule has 1 fully saturated rings. The molecular weight excluding hydrogens is 452 g/mol. The predicted octanol–water partition coefficient (Wildman–Crippen LogP) is 4.98. The van der Waals surface area contributed by atoms with Crippen LogP contribution in [0, 0.1) is 26.7 Å². The van der Waals surface area contributed by atoms with Gasteiger partial charge in [0.1, 0.15) is 17.5 Å². The quantitative estimate of drug-likeness (QED) is 0.467. The van der Waals surface area contributed by atoms with Crippen LogP contribution in [-0.2, 0) is 9.59 Å². The van der Waals surface area contributed by atoms with Crippen LogP contribution in [0.4, 0.5) is 28.7 Å². The van der Waals surface area contributed by atoms with Gasteiger partial charge in [0.25, 0.3) is 0 Å². The van der Waals surface area contributed by atoms with Crippen molar-refractivity contribution in [2.45, 2.75) is 41.0 Å². The minimum absolute atomic E-state index is 0.0258. The van der Waals surface area contributed by atoms with Crippen molar-refractivity contribution in [2.24, 2.45) is 5.92 Å². The van der Waals surface area contributed by atoms with Gasteiger partial charge in [0, 0.05) is 49.2 Å². The number of aryl methyl sites for hydroxylation is 3. The number of anilines is 5. The van der Waals surface area contributed by atoms with Crippen LogP contribution in [0.5, 0.6) is 0 Å². The number of aromatic nitrogens is 2. The van der Waals surface area contributed by atoms with Crippen LogP contribution in [0.2, 0.25) is 0 Å². The molecule has 3 aromatic rings. The third-order valence-electron chi connectivity index (χ3n) is 6.63. The Hall–Kier alpha value is -3.94. The Bertz CT molecular complexity index is 1250. The molecule has 2 amide bonds. The van der Waals surface area contributed by atoms with Crippen molar-refractivity contribution in [1.29, 1.82) is 0 Å². The van der Waals surface area contributed by atoms with Gasteiger partial charge in [0.05, 0.1) is 5.92 Å². The minimum atomic E-state index is -0.389. The molecule has 1 aliphatic heterocycles. The van der Waals surface area contributed by atoms with Crippen molar-refractivity contribution >= 4 is 40.5 Å². The highest BCUT2D eigenvalue weighted by Crippen LogP contribution is 2.28. The zero-order chi connectivity index (χ0) is 25.8. The second-order valence-electron chi connectivity index (χ2n) is 9.20. The minimum Gasteiger partial charge on any atom is -0.357 e. The molecule has 36 heavy (non-hydrogen) atoms. The number of amides is 2. The van der Waals surface area contributed by atoms with Gasteiger partial charge in [0.15, 0.2) is 0 Å². The van der Waals surface area contributed by atoms with Gasteiger partial charge >= 0.3 is 0 Å². The monoisotopic (exact) mass is 486 g/mol. The lowest BCUT2D eigenvalue weighted by Gasteiger charge is -2.20. The second kappa shape index (κ2) is 10.8. The smallest absolute Gasteiger partial charge is 0.229 e.